The van der Waals surface area contributed by atoms with E-state index in [1.54, 1.807) is 12.1 Å². The summed E-state index contributed by atoms with van der Waals surface area (Å²) >= 11 is 0. The molecule has 1 N–H and O–H groups in total. The van der Waals surface area contributed by atoms with Gasteiger partial charge in [-0.3, -0.25) is 4.79 Å². The molecule has 1 amide bonds. The molecule has 4 heteroatoms. The highest BCUT2D eigenvalue weighted by Crippen LogP contribution is 2.23. The molecule has 0 aliphatic heterocycles. The Hall–Kier alpha value is -3.27. The molecule has 0 unspecified atom stereocenters. The van der Waals surface area contributed by atoms with Gasteiger partial charge in [-0.15, -0.1) is 0 Å². The van der Waals surface area contributed by atoms with Gasteiger partial charge in [-0.1, -0.05) is 29.8 Å². The molecule has 4 nitrogen and oxygen atoms in total. The van der Waals surface area contributed by atoms with Gasteiger partial charge >= 0.3 is 0 Å². The molecule has 0 saturated carbocycles. The van der Waals surface area contributed by atoms with E-state index < -0.39 is 0 Å². The van der Waals surface area contributed by atoms with Crippen molar-refractivity contribution in [2.75, 3.05) is 11.9 Å². The summed E-state index contributed by atoms with van der Waals surface area (Å²) in [7, 11) is 0. The highest BCUT2D eigenvalue weighted by Gasteiger charge is 2.07. The van der Waals surface area contributed by atoms with E-state index in [1.165, 1.54) is 5.56 Å². The van der Waals surface area contributed by atoms with E-state index in [0.717, 1.165) is 22.6 Å². The number of hydrogen-bond acceptors (Lipinski definition) is 3. The summed E-state index contributed by atoms with van der Waals surface area (Å²) in [5.74, 6) is 2.01. The van der Waals surface area contributed by atoms with Gasteiger partial charge in [0.1, 0.15) is 17.2 Å². The van der Waals surface area contributed by atoms with Gasteiger partial charge in [0, 0.05) is 5.69 Å². The molecule has 0 aliphatic rings. The predicted molar refractivity (Wildman–Crippen MR) is 108 cm³/mol. The lowest BCUT2D eigenvalue weighted by atomic mass is 10.1. The lowest BCUT2D eigenvalue weighted by molar-refractivity contribution is -0.118. The van der Waals surface area contributed by atoms with Crippen LogP contribution in [0, 0.1) is 20.8 Å². The van der Waals surface area contributed by atoms with Crippen molar-refractivity contribution >= 4 is 11.6 Å². The largest absolute Gasteiger partial charge is 0.483 e. The van der Waals surface area contributed by atoms with Gasteiger partial charge in [0.25, 0.3) is 5.91 Å². The van der Waals surface area contributed by atoms with Crippen LogP contribution in [0.4, 0.5) is 5.69 Å². The number of ether oxygens (including phenoxy) is 2. The summed E-state index contributed by atoms with van der Waals surface area (Å²) in [6.45, 7) is 6.00. The van der Waals surface area contributed by atoms with Crippen molar-refractivity contribution in [3.05, 3.63) is 83.4 Å². The van der Waals surface area contributed by atoms with Gasteiger partial charge in [0.2, 0.25) is 0 Å². The van der Waals surface area contributed by atoms with Crippen molar-refractivity contribution in [2.45, 2.75) is 20.8 Å². The number of hydrogen-bond donors (Lipinski definition) is 1. The van der Waals surface area contributed by atoms with E-state index >= 15 is 0 Å². The molecule has 0 aliphatic carbocycles. The van der Waals surface area contributed by atoms with E-state index in [0.29, 0.717) is 11.4 Å². The van der Waals surface area contributed by atoms with E-state index in [1.807, 2.05) is 75.4 Å². The average molecular weight is 361 g/mol. The van der Waals surface area contributed by atoms with Crippen LogP contribution >= 0.6 is 0 Å². The molecule has 0 aromatic heterocycles. The number of nitrogens with one attached hydrogen (secondary N) is 1. The van der Waals surface area contributed by atoms with Crippen molar-refractivity contribution < 1.29 is 14.3 Å². The van der Waals surface area contributed by atoms with E-state index in [-0.39, 0.29) is 12.5 Å². The maximum Gasteiger partial charge on any atom is 0.262 e. The van der Waals surface area contributed by atoms with Crippen LogP contribution in [0.5, 0.6) is 17.2 Å². The molecule has 27 heavy (non-hydrogen) atoms. The first kappa shape index (κ1) is 18.5. The Labute approximate surface area is 159 Å². The standard InChI is InChI=1S/C23H23NO3/c1-16-7-11-20(12-8-16)27-21-13-9-19(10-14-21)24-23(25)15-26-22-6-4-5-17(2)18(22)3/h4-14H,15H2,1-3H3,(H,24,25). The van der Waals surface area contributed by atoms with Gasteiger partial charge in [0.05, 0.1) is 0 Å². The number of rotatable bonds is 6. The van der Waals surface area contributed by atoms with Crippen LogP contribution in [-0.4, -0.2) is 12.5 Å². The molecule has 3 aromatic carbocycles. The second-order valence-corrected chi connectivity index (χ2v) is 6.47. The molecular weight excluding hydrogens is 338 g/mol. The summed E-state index contributed by atoms with van der Waals surface area (Å²) in [5, 5.41) is 2.83. The third-order valence-corrected chi connectivity index (χ3v) is 4.31. The van der Waals surface area contributed by atoms with Crippen LogP contribution in [0.25, 0.3) is 0 Å². The molecule has 0 spiro atoms. The number of carbonyl (C=O) groups excluding carboxylic acids is 1. The Morgan fingerprint density at radius 1 is 0.852 bits per heavy atom. The molecule has 0 atom stereocenters. The zero-order chi connectivity index (χ0) is 19.2. The van der Waals surface area contributed by atoms with Crippen LogP contribution in [0.2, 0.25) is 0 Å². The van der Waals surface area contributed by atoms with Crippen LogP contribution in [-0.2, 0) is 4.79 Å². The maximum absolute atomic E-state index is 12.1. The number of carbonyl (C=O) groups is 1. The van der Waals surface area contributed by atoms with Crippen molar-refractivity contribution in [1.82, 2.24) is 0 Å². The normalized spacial score (nSPS) is 10.3. The highest BCUT2D eigenvalue weighted by molar-refractivity contribution is 5.91. The molecule has 3 aromatic rings. The fraction of sp³-hybridized carbons (Fsp3) is 0.174. The van der Waals surface area contributed by atoms with Crippen molar-refractivity contribution in [1.29, 1.82) is 0 Å². The number of aryl methyl sites for hydroxylation is 2. The third kappa shape index (κ3) is 5.11. The highest BCUT2D eigenvalue weighted by atomic mass is 16.5. The van der Waals surface area contributed by atoms with Crippen molar-refractivity contribution in [2.24, 2.45) is 0 Å². The molecule has 0 saturated heterocycles. The zero-order valence-corrected chi connectivity index (χ0v) is 15.8. The van der Waals surface area contributed by atoms with Gasteiger partial charge in [0.15, 0.2) is 6.61 Å². The monoisotopic (exact) mass is 361 g/mol. The molecule has 3 rings (SSSR count). The number of anilines is 1. The van der Waals surface area contributed by atoms with Gasteiger partial charge in [-0.05, 0) is 74.4 Å². The van der Waals surface area contributed by atoms with E-state index in [4.69, 9.17) is 9.47 Å². The summed E-state index contributed by atoms with van der Waals surface area (Å²) in [6.07, 6.45) is 0. The first-order valence-electron chi connectivity index (χ1n) is 8.85. The van der Waals surface area contributed by atoms with Gasteiger partial charge in [-0.2, -0.15) is 0 Å². The lowest BCUT2D eigenvalue weighted by Crippen LogP contribution is -2.20. The molecule has 138 valence electrons. The van der Waals surface area contributed by atoms with Crippen LogP contribution < -0.4 is 14.8 Å². The van der Waals surface area contributed by atoms with E-state index in [9.17, 15) is 4.79 Å². The molecule has 0 bridgehead atoms. The second-order valence-electron chi connectivity index (χ2n) is 6.47. The smallest absolute Gasteiger partial charge is 0.262 e. The van der Waals surface area contributed by atoms with Gasteiger partial charge in [-0.25, -0.2) is 0 Å². The quantitative estimate of drug-likeness (QED) is 0.637. The van der Waals surface area contributed by atoms with Crippen LogP contribution in [0.1, 0.15) is 16.7 Å². The molecule has 0 fully saturated rings. The molecule has 0 radical (unpaired) electrons. The predicted octanol–water partition coefficient (Wildman–Crippen LogP) is 5.42. The Bertz CT molecular complexity index is 915. The Kier molecular flexibility index (Phi) is 5.77. The first-order valence-corrected chi connectivity index (χ1v) is 8.85. The number of benzene rings is 3. The lowest BCUT2D eigenvalue weighted by Gasteiger charge is -2.11. The summed E-state index contributed by atoms with van der Waals surface area (Å²) in [6, 6.07) is 20.9. The first-order chi connectivity index (χ1) is 13.0. The Morgan fingerprint density at radius 3 is 2.15 bits per heavy atom. The summed E-state index contributed by atoms with van der Waals surface area (Å²) < 4.78 is 11.4. The minimum absolute atomic E-state index is 0.0358. The van der Waals surface area contributed by atoms with Crippen molar-refractivity contribution in [3.63, 3.8) is 0 Å². The summed E-state index contributed by atoms with van der Waals surface area (Å²) in [5.41, 5.74) is 4.06. The zero-order valence-electron chi connectivity index (χ0n) is 15.8. The SMILES string of the molecule is Cc1ccc(Oc2ccc(NC(=O)COc3cccc(C)c3C)cc2)cc1. The van der Waals surface area contributed by atoms with Gasteiger partial charge < -0.3 is 14.8 Å². The topological polar surface area (TPSA) is 47.6 Å². The minimum Gasteiger partial charge on any atom is -0.483 e. The van der Waals surface area contributed by atoms with Crippen LogP contribution in [0.3, 0.4) is 0 Å². The molecular formula is C23H23NO3. The van der Waals surface area contributed by atoms with Crippen molar-refractivity contribution in [3.8, 4) is 17.2 Å². The van der Waals surface area contributed by atoms with Crippen LogP contribution in [0.15, 0.2) is 66.7 Å². The second kappa shape index (κ2) is 8.41. The average Bonchev–Trinajstić information content (AvgIpc) is 2.66. The Balaban J connectivity index is 1.53. The fourth-order valence-electron chi connectivity index (χ4n) is 2.57. The third-order valence-electron chi connectivity index (χ3n) is 4.31. The minimum atomic E-state index is -0.205. The summed E-state index contributed by atoms with van der Waals surface area (Å²) in [4.78, 5) is 12.1. The molecule has 0 heterocycles. The fourth-order valence-corrected chi connectivity index (χ4v) is 2.57. The van der Waals surface area contributed by atoms with E-state index in [2.05, 4.69) is 5.32 Å². The number of amides is 1. The Morgan fingerprint density at radius 2 is 1.48 bits per heavy atom. The maximum atomic E-state index is 12.1.